The van der Waals surface area contributed by atoms with Crippen LogP contribution in [0, 0.1) is 11.8 Å². The number of hydrogen-bond acceptors (Lipinski definition) is 9. The lowest BCUT2D eigenvalue weighted by molar-refractivity contribution is -0.176. The van der Waals surface area contributed by atoms with Gasteiger partial charge in [0.25, 0.3) is 5.91 Å². The number of esters is 3. The van der Waals surface area contributed by atoms with Gasteiger partial charge in [-0.3, -0.25) is 19.2 Å². The summed E-state index contributed by atoms with van der Waals surface area (Å²) in [6.07, 6.45) is -2.93. The molecule has 1 saturated heterocycles. The molecule has 2 amide bonds. The molecule has 0 spiro atoms. The highest BCUT2D eigenvalue weighted by Gasteiger charge is 2.44. The molecular formula is C28H32N2O9. The van der Waals surface area contributed by atoms with Crippen molar-refractivity contribution in [2.75, 3.05) is 5.32 Å². The van der Waals surface area contributed by atoms with Crippen LogP contribution in [0.2, 0.25) is 0 Å². The summed E-state index contributed by atoms with van der Waals surface area (Å²) in [5.41, 5.74) is 0.535. The molecule has 0 radical (unpaired) electrons. The molecule has 0 aliphatic carbocycles. The number of rotatable bonds is 8. The Labute approximate surface area is 225 Å². The van der Waals surface area contributed by atoms with Crippen molar-refractivity contribution in [1.29, 1.82) is 0 Å². The molecule has 2 aromatic carbocycles. The second-order valence-electron chi connectivity index (χ2n) is 9.55. The van der Waals surface area contributed by atoms with Crippen LogP contribution in [0.1, 0.15) is 43.6 Å². The van der Waals surface area contributed by atoms with Gasteiger partial charge in [-0.2, -0.15) is 0 Å². The van der Waals surface area contributed by atoms with Crippen LogP contribution in [0.3, 0.4) is 0 Å². The Morgan fingerprint density at radius 1 is 1.00 bits per heavy atom. The summed E-state index contributed by atoms with van der Waals surface area (Å²) in [6, 6.07) is 11.7. The molecule has 11 heteroatoms. The van der Waals surface area contributed by atoms with Gasteiger partial charge in [0.05, 0.1) is 17.2 Å². The van der Waals surface area contributed by atoms with Crippen molar-refractivity contribution < 1.29 is 43.3 Å². The van der Waals surface area contributed by atoms with Gasteiger partial charge >= 0.3 is 17.9 Å². The van der Waals surface area contributed by atoms with Crippen molar-refractivity contribution in [2.45, 2.75) is 58.5 Å². The number of anilines is 1. The zero-order valence-corrected chi connectivity index (χ0v) is 22.1. The Balaban J connectivity index is 1.93. The lowest BCUT2D eigenvalue weighted by Crippen LogP contribution is -2.50. The molecule has 1 fully saturated rings. The number of ether oxygens (including phenoxy) is 3. The number of para-hydroxylation sites is 1. The van der Waals surface area contributed by atoms with E-state index in [0.717, 1.165) is 5.56 Å². The summed E-state index contributed by atoms with van der Waals surface area (Å²) >= 11 is 0. The van der Waals surface area contributed by atoms with E-state index < -0.39 is 65.8 Å². The topological polar surface area (TPSA) is 157 Å². The second-order valence-corrected chi connectivity index (χ2v) is 9.55. The van der Waals surface area contributed by atoms with Crippen LogP contribution in [0.4, 0.5) is 5.69 Å². The predicted molar refractivity (Wildman–Crippen MR) is 139 cm³/mol. The van der Waals surface area contributed by atoms with Gasteiger partial charge in [-0.1, -0.05) is 50.2 Å². The van der Waals surface area contributed by atoms with Gasteiger partial charge < -0.3 is 30.0 Å². The van der Waals surface area contributed by atoms with Gasteiger partial charge in [0.1, 0.15) is 18.1 Å². The molecule has 39 heavy (non-hydrogen) atoms. The molecule has 1 heterocycles. The third-order valence-electron chi connectivity index (χ3n) is 6.29. The van der Waals surface area contributed by atoms with Gasteiger partial charge in [-0.15, -0.1) is 0 Å². The quantitative estimate of drug-likeness (QED) is 0.198. The molecule has 2 aromatic rings. The second kappa shape index (κ2) is 12.9. The highest BCUT2D eigenvalue weighted by molar-refractivity contribution is 6.01. The first-order chi connectivity index (χ1) is 18.5. The Morgan fingerprint density at radius 2 is 1.67 bits per heavy atom. The van der Waals surface area contributed by atoms with Crippen molar-refractivity contribution in [3.8, 4) is 5.75 Å². The van der Waals surface area contributed by atoms with Crippen molar-refractivity contribution in [2.24, 2.45) is 11.8 Å². The predicted octanol–water partition coefficient (Wildman–Crippen LogP) is 2.36. The Kier molecular flexibility index (Phi) is 9.64. The van der Waals surface area contributed by atoms with E-state index in [4.69, 9.17) is 14.2 Å². The zero-order chi connectivity index (χ0) is 28.7. The Morgan fingerprint density at radius 3 is 2.31 bits per heavy atom. The molecule has 208 valence electrons. The van der Waals surface area contributed by atoms with Crippen molar-refractivity contribution in [1.82, 2.24) is 5.32 Å². The number of benzene rings is 2. The minimum Gasteiger partial charge on any atom is -0.505 e. The van der Waals surface area contributed by atoms with E-state index in [1.54, 1.807) is 26.0 Å². The molecule has 0 saturated carbocycles. The van der Waals surface area contributed by atoms with E-state index >= 15 is 0 Å². The fourth-order valence-corrected chi connectivity index (χ4v) is 4.13. The number of phenolic OH excluding ortho intramolecular Hbond substituents is 1. The maximum atomic E-state index is 13.4. The van der Waals surface area contributed by atoms with Gasteiger partial charge in [-0.05, 0) is 38.0 Å². The van der Waals surface area contributed by atoms with E-state index in [0.29, 0.717) is 6.41 Å². The van der Waals surface area contributed by atoms with E-state index in [-0.39, 0.29) is 17.7 Å². The van der Waals surface area contributed by atoms with E-state index in [1.807, 2.05) is 18.2 Å². The zero-order valence-electron chi connectivity index (χ0n) is 22.1. The smallest absolute Gasteiger partial charge is 0.332 e. The fourth-order valence-electron chi connectivity index (χ4n) is 4.13. The number of cyclic esters (lactones) is 2. The van der Waals surface area contributed by atoms with Gasteiger partial charge in [-0.25, -0.2) is 4.79 Å². The van der Waals surface area contributed by atoms with Crippen LogP contribution in [0.25, 0.3) is 0 Å². The largest absolute Gasteiger partial charge is 0.505 e. The maximum absolute atomic E-state index is 13.4. The van der Waals surface area contributed by atoms with Crippen LogP contribution >= 0.6 is 0 Å². The van der Waals surface area contributed by atoms with Crippen LogP contribution < -0.4 is 10.6 Å². The molecule has 1 aliphatic rings. The summed E-state index contributed by atoms with van der Waals surface area (Å²) in [5, 5.41) is 15.1. The molecular weight excluding hydrogens is 508 g/mol. The van der Waals surface area contributed by atoms with Crippen LogP contribution in [-0.2, 0) is 39.8 Å². The first-order valence-corrected chi connectivity index (χ1v) is 12.5. The molecule has 0 bridgehead atoms. The number of nitrogens with one attached hydrogen (secondary N) is 2. The number of phenols is 1. The van der Waals surface area contributed by atoms with Crippen LogP contribution in [-0.4, -0.2) is 59.7 Å². The third kappa shape index (κ3) is 7.13. The summed E-state index contributed by atoms with van der Waals surface area (Å²) < 4.78 is 16.9. The standard InChI is InChI=1S/C28H32N2O9/c1-15(2)26(34)39-24-17(4)38-28(36)22(30-25(33)19-11-8-12-21(23(19)32)29-14-31)16(3)37-27(35)20(24)13-18-9-6-5-7-10-18/h5-12,14-17,20,22,24,32H,13H2,1-4H3,(H,29,31)(H,30,33)/t16-,17+,20-,22+,24+/m1/s1. The third-order valence-corrected chi connectivity index (χ3v) is 6.29. The highest BCUT2D eigenvalue weighted by atomic mass is 16.6. The average molecular weight is 541 g/mol. The normalized spacial score (nSPS) is 23.4. The first-order valence-electron chi connectivity index (χ1n) is 12.5. The Bertz CT molecular complexity index is 1210. The lowest BCUT2D eigenvalue weighted by atomic mass is 9.91. The highest BCUT2D eigenvalue weighted by Crippen LogP contribution is 2.28. The van der Waals surface area contributed by atoms with Gasteiger partial charge in [0, 0.05) is 0 Å². The molecule has 3 rings (SSSR count). The molecule has 1 aliphatic heterocycles. The number of carbonyl (C=O) groups is 5. The maximum Gasteiger partial charge on any atom is 0.332 e. The fraction of sp³-hybridized carbons (Fsp3) is 0.393. The molecule has 11 nitrogen and oxygen atoms in total. The van der Waals surface area contributed by atoms with Gasteiger partial charge in [0.2, 0.25) is 6.41 Å². The molecule has 0 aromatic heterocycles. The van der Waals surface area contributed by atoms with Crippen LogP contribution in [0.15, 0.2) is 48.5 Å². The number of aromatic hydroxyl groups is 1. The number of carbonyl (C=O) groups excluding carboxylic acids is 5. The monoisotopic (exact) mass is 540 g/mol. The van der Waals surface area contributed by atoms with Gasteiger partial charge in [0.15, 0.2) is 17.9 Å². The number of hydrogen-bond donors (Lipinski definition) is 3. The minimum atomic E-state index is -1.46. The lowest BCUT2D eigenvalue weighted by Gasteiger charge is -2.29. The minimum absolute atomic E-state index is 0.0126. The molecule has 0 unspecified atom stereocenters. The van der Waals surface area contributed by atoms with E-state index in [1.165, 1.54) is 32.0 Å². The Hall–Kier alpha value is -4.41. The molecule has 3 N–H and O–H groups in total. The number of amides is 2. The SMILES string of the molecule is CC(C)C(=O)O[C@H]1[C@H](C)OC(=O)[C@@H](NC(=O)c2cccc(NC=O)c2O)[C@@H](C)OC(=O)[C@@H]1Cc1ccccc1. The average Bonchev–Trinajstić information content (AvgIpc) is 2.92. The summed E-state index contributed by atoms with van der Waals surface area (Å²) in [6.45, 7) is 6.19. The van der Waals surface area contributed by atoms with E-state index in [2.05, 4.69) is 10.6 Å². The summed E-state index contributed by atoms with van der Waals surface area (Å²) in [7, 11) is 0. The van der Waals surface area contributed by atoms with Crippen LogP contribution in [0.5, 0.6) is 5.75 Å². The van der Waals surface area contributed by atoms with Crippen molar-refractivity contribution in [3.63, 3.8) is 0 Å². The van der Waals surface area contributed by atoms with E-state index in [9.17, 15) is 29.1 Å². The first kappa shape index (κ1) is 29.2. The molecule has 5 atom stereocenters. The van der Waals surface area contributed by atoms with Crippen molar-refractivity contribution in [3.05, 3.63) is 59.7 Å². The van der Waals surface area contributed by atoms with Crippen molar-refractivity contribution >= 4 is 35.9 Å². The summed E-state index contributed by atoms with van der Waals surface area (Å²) in [5.74, 6) is -5.14. The summed E-state index contributed by atoms with van der Waals surface area (Å²) in [4.78, 5) is 63.0.